The van der Waals surface area contributed by atoms with Crippen LogP contribution in [0.3, 0.4) is 0 Å². The quantitative estimate of drug-likeness (QED) is 0.647. The molecule has 0 saturated carbocycles. The second-order valence-electron chi connectivity index (χ2n) is 7.79. The zero-order valence-corrected chi connectivity index (χ0v) is 17.5. The Balaban J connectivity index is 1.94. The Morgan fingerprint density at radius 1 is 1.27 bits per heavy atom. The Hall–Kier alpha value is -2.79. The molecule has 1 aliphatic heterocycles. The summed E-state index contributed by atoms with van der Waals surface area (Å²) in [6, 6.07) is 2.23. The minimum absolute atomic E-state index is 0.0305. The molecule has 1 fully saturated rings. The maximum absolute atomic E-state index is 14.3. The van der Waals surface area contributed by atoms with Crippen molar-refractivity contribution in [3.63, 3.8) is 0 Å². The van der Waals surface area contributed by atoms with E-state index in [1.807, 2.05) is 18.7 Å². The summed E-state index contributed by atoms with van der Waals surface area (Å²) in [5, 5.41) is 0. The highest BCUT2D eigenvalue weighted by atomic mass is 32.2. The molecule has 2 aromatic heterocycles. The molecule has 3 aromatic rings. The number of morpholine rings is 1. The van der Waals surface area contributed by atoms with E-state index >= 15 is 0 Å². The van der Waals surface area contributed by atoms with Gasteiger partial charge in [0.25, 0.3) is 0 Å². The maximum atomic E-state index is 14.3. The van der Waals surface area contributed by atoms with Crippen molar-refractivity contribution in [3.05, 3.63) is 35.7 Å². The van der Waals surface area contributed by atoms with E-state index in [4.69, 9.17) is 10.5 Å². The van der Waals surface area contributed by atoms with Gasteiger partial charge in [-0.05, 0) is 39.0 Å². The molecule has 3 heterocycles. The summed E-state index contributed by atoms with van der Waals surface area (Å²) in [7, 11) is -4.50. The standard InChI is InChI=1S/C19H21F2N5O3S/c1-10-23-14-15(18(24-10)26-6-7-29-19(2,3)9-26)25-17(22)16(14)30(27,28)13-8-11(20)4-5-12(13)21/h4-5,8,25H,6-7,9,22H2,1-3H3. The summed E-state index contributed by atoms with van der Waals surface area (Å²) in [4.78, 5) is 12.3. The first-order valence-corrected chi connectivity index (χ1v) is 10.7. The van der Waals surface area contributed by atoms with Crippen molar-refractivity contribution in [1.29, 1.82) is 0 Å². The highest BCUT2D eigenvalue weighted by Crippen LogP contribution is 2.37. The molecule has 1 aliphatic rings. The number of halogens is 2. The molecule has 8 nitrogen and oxygen atoms in total. The third-order valence-electron chi connectivity index (χ3n) is 4.90. The molecule has 0 amide bonds. The molecule has 30 heavy (non-hydrogen) atoms. The summed E-state index contributed by atoms with van der Waals surface area (Å²) in [5.41, 5.74) is 5.92. The van der Waals surface area contributed by atoms with Gasteiger partial charge in [-0.1, -0.05) is 0 Å². The number of nitrogens with one attached hydrogen (secondary N) is 1. The lowest BCUT2D eigenvalue weighted by Gasteiger charge is -2.38. The Labute approximate surface area is 172 Å². The fourth-order valence-electron chi connectivity index (χ4n) is 3.65. The number of nitrogens with two attached hydrogens (primary N) is 1. The van der Waals surface area contributed by atoms with Gasteiger partial charge < -0.3 is 20.4 Å². The van der Waals surface area contributed by atoms with E-state index in [1.54, 1.807) is 6.92 Å². The molecular formula is C19H21F2N5O3S. The van der Waals surface area contributed by atoms with Crippen molar-refractivity contribution < 1.29 is 21.9 Å². The van der Waals surface area contributed by atoms with Gasteiger partial charge in [0, 0.05) is 13.1 Å². The smallest absolute Gasteiger partial charge is 0.215 e. The molecular weight excluding hydrogens is 416 g/mol. The minimum atomic E-state index is -4.50. The zero-order chi connectivity index (χ0) is 21.8. The number of aromatic amines is 1. The van der Waals surface area contributed by atoms with E-state index < -0.39 is 36.9 Å². The van der Waals surface area contributed by atoms with Crippen molar-refractivity contribution >= 4 is 32.5 Å². The number of ether oxygens (including phenoxy) is 1. The van der Waals surface area contributed by atoms with Crippen molar-refractivity contribution in [2.45, 2.75) is 36.2 Å². The van der Waals surface area contributed by atoms with E-state index in [0.717, 1.165) is 12.1 Å². The van der Waals surface area contributed by atoms with Crippen molar-refractivity contribution in [3.8, 4) is 0 Å². The number of sulfone groups is 1. The topological polar surface area (TPSA) is 114 Å². The Bertz CT molecular complexity index is 1260. The van der Waals surface area contributed by atoms with E-state index in [2.05, 4.69) is 15.0 Å². The lowest BCUT2D eigenvalue weighted by atomic mass is 10.1. The third-order valence-corrected chi connectivity index (χ3v) is 6.74. The van der Waals surface area contributed by atoms with Gasteiger partial charge >= 0.3 is 0 Å². The summed E-state index contributed by atoms with van der Waals surface area (Å²) in [5.74, 6) is -1.39. The van der Waals surface area contributed by atoms with Crippen LogP contribution < -0.4 is 10.6 Å². The molecule has 11 heteroatoms. The van der Waals surface area contributed by atoms with Crippen LogP contribution in [0.4, 0.5) is 20.4 Å². The molecule has 0 unspecified atom stereocenters. The molecule has 0 spiro atoms. The lowest BCUT2D eigenvalue weighted by Crippen LogP contribution is -2.48. The number of aryl methyl sites for hydroxylation is 1. The Kier molecular flexibility index (Phi) is 4.70. The zero-order valence-electron chi connectivity index (χ0n) is 16.7. The third kappa shape index (κ3) is 3.37. The largest absolute Gasteiger partial charge is 0.384 e. The normalized spacial score (nSPS) is 16.9. The highest BCUT2D eigenvalue weighted by molar-refractivity contribution is 7.92. The summed E-state index contributed by atoms with van der Waals surface area (Å²) < 4.78 is 60.1. The van der Waals surface area contributed by atoms with E-state index in [9.17, 15) is 17.2 Å². The van der Waals surface area contributed by atoms with E-state index in [0.29, 0.717) is 42.9 Å². The fraction of sp³-hybridized carbons (Fsp3) is 0.368. The van der Waals surface area contributed by atoms with Gasteiger partial charge in [-0.15, -0.1) is 0 Å². The number of benzene rings is 1. The maximum Gasteiger partial charge on any atom is 0.215 e. The van der Waals surface area contributed by atoms with Crippen LogP contribution in [0, 0.1) is 18.6 Å². The van der Waals surface area contributed by atoms with Gasteiger partial charge in [0.1, 0.15) is 44.1 Å². The monoisotopic (exact) mass is 437 g/mol. The van der Waals surface area contributed by atoms with Crippen LogP contribution in [0.25, 0.3) is 11.0 Å². The number of H-pyrrole nitrogens is 1. The molecule has 0 atom stereocenters. The number of hydrogen-bond donors (Lipinski definition) is 2. The molecule has 1 saturated heterocycles. The van der Waals surface area contributed by atoms with Crippen molar-refractivity contribution in [2.75, 3.05) is 30.3 Å². The first-order valence-electron chi connectivity index (χ1n) is 9.24. The number of hydrogen-bond acceptors (Lipinski definition) is 7. The SMILES string of the molecule is Cc1nc(N2CCOC(C)(C)C2)c2[nH]c(N)c(S(=O)(=O)c3cc(F)ccc3F)c2n1. The van der Waals surface area contributed by atoms with E-state index in [-0.39, 0.29) is 11.3 Å². The van der Waals surface area contributed by atoms with E-state index in [1.165, 1.54) is 0 Å². The van der Waals surface area contributed by atoms with Crippen molar-refractivity contribution in [2.24, 2.45) is 0 Å². The first-order chi connectivity index (χ1) is 14.0. The van der Waals surface area contributed by atoms with Crippen molar-refractivity contribution in [1.82, 2.24) is 15.0 Å². The summed E-state index contributed by atoms with van der Waals surface area (Å²) in [6.45, 7) is 7.02. The predicted molar refractivity (Wildman–Crippen MR) is 107 cm³/mol. The van der Waals surface area contributed by atoms with Gasteiger partial charge in [-0.2, -0.15) is 0 Å². The van der Waals surface area contributed by atoms with Crippen LogP contribution >= 0.6 is 0 Å². The number of nitrogen functional groups attached to an aromatic ring is 1. The number of nitrogens with zero attached hydrogens (tertiary/aromatic N) is 3. The van der Waals surface area contributed by atoms with Crippen LogP contribution in [0.1, 0.15) is 19.7 Å². The van der Waals surface area contributed by atoms with Crippen LogP contribution in [0.5, 0.6) is 0 Å². The molecule has 1 aromatic carbocycles. The lowest BCUT2D eigenvalue weighted by molar-refractivity contribution is -0.0278. The average molecular weight is 437 g/mol. The molecule has 3 N–H and O–H groups in total. The second kappa shape index (κ2) is 6.88. The van der Waals surface area contributed by atoms with Crippen LogP contribution in [0.15, 0.2) is 28.0 Å². The van der Waals surface area contributed by atoms with Gasteiger partial charge in [-0.3, -0.25) is 0 Å². The van der Waals surface area contributed by atoms with Gasteiger partial charge in [0.15, 0.2) is 5.82 Å². The number of aromatic nitrogens is 3. The van der Waals surface area contributed by atoms with Gasteiger partial charge in [0.05, 0.1) is 12.2 Å². The molecule has 4 rings (SSSR count). The average Bonchev–Trinajstić information content (AvgIpc) is 2.98. The Morgan fingerprint density at radius 3 is 2.70 bits per heavy atom. The number of fused-ring (bicyclic) bond motifs is 1. The highest BCUT2D eigenvalue weighted by Gasteiger charge is 2.34. The molecule has 0 bridgehead atoms. The predicted octanol–water partition coefficient (Wildman–Crippen LogP) is 2.57. The second-order valence-corrected chi connectivity index (χ2v) is 9.65. The first kappa shape index (κ1) is 20.5. The minimum Gasteiger partial charge on any atom is -0.384 e. The van der Waals surface area contributed by atoms with Gasteiger partial charge in [-0.25, -0.2) is 27.2 Å². The molecule has 0 aliphatic carbocycles. The number of rotatable bonds is 3. The Morgan fingerprint density at radius 2 is 2.00 bits per heavy atom. The van der Waals surface area contributed by atoms with Gasteiger partial charge in [0.2, 0.25) is 9.84 Å². The number of anilines is 2. The summed E-state index contributed by atoms with van der Waals surface area (Å²) in [6.07, 6.45) is 0. The van der Waals surface area contributed by atoms with Crippen LogP contribution in [-0.2, 0) is 14.6 Å². The summed E-state index contributed by atoms with van der Waals surface area (Å²) >= 11 is 0. The molecule has 160 valence electrons. The van der Waals surface area contributed by atoms with Crippen LogP contribution in [-0.4, -0.2) is 48.7 Å². The molecule has 0 radical (unpaired) electrons. The fourth-order valence-corrected chi connectivity index (χ4v) is 5.20. The van der Waals surface area contributed by atoms with Crippen LogP contribution in [0.2, 0.25) is 0 Å².